The van der Waals surface area contributed by atoms with Crippen LogP contribution in [0, 0.1) is 0 Å². The lowest BCUT2D eigenvalue weighted by Gasteiger charge is -1.99. The minimum Gasteiger partial charge on any atom is -0.392 e. The highest BCUT2D eigenvalue weighted by molar-refractivity contribution is 6.30. The van der Waals surface area contributed by atoms with Crippen LogP contribution in [0.5, 0.6) is 0 Å². The van der Waals surface area contributed by atoms with Gasteiger partial charge in [0.05, 0.1) is 6.61 Å². The SMILES string of the molecule is Cn1c(CN)cc(CO)c1Cl. The Labute approximate surface area is 70.4 Å². The number of hydrogen-bond acceptors (Lipinski definition) is 2. The summed E-state index contributed by atoms with van der Waals surface area (Å²) in [6.07, 6.45) is 0. The minimum atomic E-state index is -0.0350. The number of aliphatic hydroxyl groups excluding tert-OH is 1. The summed E-state index contributed by atoms with van der Waals surface area (Å²) < 4.78 is 1.77. The molecule has 0 saturated carbocycles. The van der Waals surface area contributed by atoms with Gasteiger partial charge in [0.15, 0.2) is 0 Å². The van der Waals surface area contributed by atoms with Gasteiger partial charge in [-0.3, -0.25) is 0 Å². The van der Waals surface area contributed by atoms with E-state index in [1.54, 1.807) is 4.57 Å². The molecule has 0 aliphatic heterocycles. The first-order valence-electron chi connectivity index (χ1n) is 3.34. The summed E-state index contributed by atoms with van der Waals surface area (Å²) in [6, 6.07) is 1.81. The second kappa shape index (κ2) is 3.26. The van der Waals surface area contributed by atoms with Gasteiger partial charge in [-0.25, -0.2) is 0 Å². The summed E-state index contributed by atoms with van der Waals surface area (Å²) in [4.78, 5) is 0. The Balaban J connectivity index is 3.12. The summed E-state index contributed by atoms with van der Waals surface area (Å²) in [5.41, 5.74) is 7.09. The number of rotatable bonds is 2. The second-order valence-corrected chi connectivity index (χ2v) is 2.73. The molecule has 1 rings (SSSR count). The molecule has 62 valence electrons. The van der Waals surface area contributed by atoms with Gasteiger partial charge < -0.3 is 15.4 Å². The van der Waals surface area contributed by atoms with Crippen molar-refractivity contribution in [3.8, 4) is 0 Å². The molecule has 0 radical (unpaired) electrons. The Bertz CT molecular complexity index is 233. The van der Waals surface area contributed by atoms with Gasteiger partial charge in [-0.1, -0.05) is 11.6 Å². The highest BCUT2D eigenvalue weighted by atomic mass is 35.5. The quantitative estimate of drug-likeness (QED) is 0.691. The van der Waals surface area contributed by atoms with Crippen LogP contribution in [0.2, 0.25) is 5.15 Å². The fourth-order valence-corrected chi connectivity index (χ4v) is 1.23. The molecule has 1 heterocycles. The molecule has 0 amide bonds. The maximum Gasteiger partial charge on any atom is 0.114 e. The number of aromatic nitrogens is 1. The molecule has 0 unspecified atom stereocenters. The summed E-state index contributed by atoms with van der Waals surface area (Å²) in [5, 5.41) is 9.38. The van der Waals surface area contributed by atoms with E-state index in [1.807, 2.05) is 13.1 Å². The van der Waals surface area contributed by atoms with Crippen LogP contribution < -0.4 is 5.73 Å². The van der Waals surface area contributed by atoms with E-state index < -0.39 is 0 Å². The van der Waals surface area contributed by atoms with E-state index in [0.717, 1.165) is 11.3 Å². The molecule has 0 spiro atoms. The highest BCUT2D eigenvalue weighted by Gasteiger charge is 2.07. The molecule has 11 heavy (non-hydrogen) atoms. The fourth-order valence-electron chi connectivity index (χ4n) is 1.01. The molecule has 0 aromatic carbocycles. The van der Waals surface area contributed by atoms with Gasteiger partial charge in [-0.15, -0.1) is 0 Å². The molecule has 0 atom stereocenters. The predicted molar refractivity (Wildman–Crippen MR) is 44.2 cm³/mol. The van der Waals surface area contributed by atoms with Gasteiger partial charge in [0.1, 0.15) is 5.15 Å². The summed E-state index contributed by atoms with van der Waals surface area (Å²) in [5.74, 6) is 0. The van der Waals surface area contributed by atoms with Gasteiger partial charge >= 0.3 is 0 Å². The van der Waals surface area contributed by atoms with Crippen LogP contribution in [0.3, 0.4) is 0 Å². The van der Waals surface area contributed by atoms with Gasteiger partial charge in [-0.2, -0.15) is 0 Å². The Kier molecular flexibility index (Phi) is 2.54. The molecular weight excluding hydrogens is 164 g/mol. The van der Waals surface area contributed by atoms with Gasteiger partial charge in [0, 0.05) is 24.8 Å². The average molecular weight is 175 g/mol. The molecule has 3 N–H and O–H groups in total. The first kappa shape index (κ1) is 8.59. The molecule has 0 bridgehead atoms. The lowest BCUT2D eigenvalue weighted by molar-refractivity contribution is 0.282. The molecule has 0 aliphatic carbocycles. The van der Waals surface area contributed by atoms with Gasteiger partial charge in [0.2, 0.25) is 0 Å². The van der Waals surface area contributed by atoms with Crippen molar-refractivity contribution in [1.29, 1.82) is 0 Å². The van der Waals surface area contributed by atoms with Crippen molar-refractivity contribution in [2.45, 2.75) is 13.2 Å². The van der Waals surface area contributed by atoms with Crippen LogP contribution in [-0.2, 0) is 20.2 Å². The van der Waals surface area contributed by atoms with Crippen molar-refractivity contribution in [2.75, 3.05) is 0 Å². The van der Waals surface area contributed by atoms with Crippen LogP contribution in [0.15, 0.2) is 6.07 Å². The Morgan fingerprint density at radius 1 is 1.73 bits per heavy atom. The van der Waals surface area contributed by atoms with Crippen LogP contribution in [-0.4, -0.2) is 9.67 Å². The van der Waals surface area contributed by atoms with E-state index in [4.69, 9.17) is 22.4 Å². The van der Waals surface area contributed by atoms with Crippen molar-refractivity contribution < 1.29 is 5.11 Å². The molecule has 0 aliphatic rings. The number of nitrogens with zero attached hydrogens (tertiary/aromatic N) is 1. The lowest BCUT2D eigenvalue weighted by atomic mass is 10.3. The molecule has 1 aromatic heterocycles. The third-order valence-electron chi connectivity index (χ3n) is 1.71. The van der Waals surface area contributed by atoms with E-state index in [-0.39, 0.29) is 6.61 Å². The lowest BCUT2D eigenvalue weighted by Crippen LogP contribution is -2.02. The molecule has 1 aromatic rings. The molecule has 4 heteroatoms. The molecule has 3 nitrogen and oxygen atoms in total. The number of aliphatic hydroxyl groups is 1. The van der Waals surface area contributed by atoms with E-state index in [0.29, 0.717) is 11.7 Å². The third-order valence-corrected chi connectivity index (χ3v) is 2.21. The Morgan fingerprint density at radius 3 is 2.64 bits per heavy atom. The van der Waals surface area contributed by atoms with Crippen molar-refractivity contribution in [3.63, 3.8) is 0 Å². The van der Waals surface area contributed by atoms with E-state index >= 15 is 0 Å². The van der Waals surface area contributed by atoms with Crippen LogP contribution in [0.1, 0.15) is 11.3 Å². The normalized spacial score (nSPS) is 10.5. The third kappa shape index (κ3) is 1.40. The summed E-state index contributed by atoms with van der Waals surface area (Å²) >= 11 is 5.84. The topological polar surface area (TPSA) is 51.2 Å². The maximum absolute atomic E-state index is 8.81. The Morgan fingerprint density at radius 2 is 2.36 bits per heavy atom. The van der Waals surface area contributed by atoms with Crippen molar-refractivity contribution in [1.82, 2.24) is 4.57 Å². The monoisotopic (exact) mass is 174 g/mol. The number of nitrogens with two attached hydrogens (primary N) is 1. The van der Waals surface area contributed by atoms with E-state index in [9.17, 15) is 0 Å². The smallest absolute Gasteiger partial charge is 0.114 e. The highest BCUT2D eigenvalue weighted by Crippen LogP contribution is 2.19. The first-order valence-corrected chi connectivity index (χ1v) is 3.72. The van der Waals surface area contributed by atoms with Crippen LogP contribution in [0.4, 0.5) is 0 Å². The fraction of sp³-hybridized carbons (Fsp3) is 0.429. The number of hydrogen-bond donors (Lipinski definition) is 2. The van der Waals surface area contributed by atoms with Crippen LogP contribution in [0.25, 0.3) is 0 Å². The van der Waals surface area contributed by atoms with Gasteiger partial charge in [0.25, 0.3) is 0 Å². The largest absolute Gasteiger partial charge is 0.392 e. The van der Waals surface area contributed by atoms with Crippen molar-refractivity contribution in [2.24, 2.45) is 12.8 Å². The number of halogens is 1. The van der Waals surface area contributed by atoms with Crippen LogP contribution >= 0.6 is 11.6 Å². The van der Waals surface area contributed by atoms with E-state index in [1.165, 1.54) is 0 Å². The zero-order valence-corrected chi connectivity index (χ0v) is 7.10. The Hall–Kier alpha value is -0.510. The van der Waals surface area contributed by atoms with E-state index in [2.05, 4.69) is 0 Å². The van der Waals surface area contributed by atoms with Gasteiger partial charge in [-0.05, 0) is 6.07 Å². The zero-order chi connectivity index (χ0) is 8.43. The second-order valence-electron chi connectivity index (χ2n) is 2.37. The average Bonchev–Trinajstić information content (AvgIpc) is 2.30. The summed E-state index contributed by atoms with van der Waals surface area (Å²) in [6.45, 7) is 0.406. The first-order chi connectivity index (χ1) is 5.20. The predicted octanol–water partition coefficient (Wildman–Crippen LogP) is 0.630. The molecule has 0 fully saturated rings. The molecular formula is C7H11ClN2O. The minimum absolute atomic E-state index is 0.0350. The summed E-state index contributed by atoms with van der Waals surface area (Å²) in [7, 11) is 1.82. The zero-order valence-electron chi connectivity index (χ0n) is 6.34. The standard InChI is InChI=1S/C7H11ClN2O/c1-10-6(3-9)2-5(4-11)7(10)8/h2,11H,3-4,9H2,1H3. The van der Waals surface area contributed by atoms with Crippen molar-refractivity contribution in [3.05, 3.63) is 22.5 Å². The molecule has 0 saturated heterocycles. The maximum atomic E-state index is 8.81. The van der Waals surface area contributed by atoms with Crippen molar-refractivity contribution >= 4 is 11.6 Å².